The first-order valence-electron chi connectivity index (χ1n) is 14.1. The molecule has 0 spiro atoms. The van der Waals surface area contributed by atoms with E-state index in [1.54, 1.807) is 30.3 Å². The SMILES string of the molecule is CSc1ccccc1NC(=O)c1ccc(N2CC3CC(C2)c2cccc(=O)n2C3)c(NC(=O)Cc2c(F)cccc2Cl)c1. The maximum absolute atomic E-state index is 14.5. The lowest BCUT2D eigenvalue weighted by Gasteiger charge is -2.44. The van der Waals surface area contributed by atoms with E-state index in [-0.39, 0.29) is 40.3 Å². The van der Waals surface area contributed by atoms with Gasteiger partial charge in [0.15, 0.2) is 0 Å². The molecule has 3 aromatic carbocycles. The molecule has 2 bridgehead atoms. The molecule has 3 heterocycles. The summed E-state index contributed by atoms with van der Waals surface area (Å²) in [7, 11) is 0. The van der Waals surface area contributed by atoms with Crippen LogP contribution >= 0.6 is 23.4 Å². The van der Waals surface area contributed by atoms with E-state index in [0.29, 0.717) is 36.6 Å². The average Bonchev–Trinajstić information content (AvgIpc) is 3.00. The Morgan fingerprint density at radius 2 is 1.77 bits per heavy atom. The van der Waals surface area contributed by atoms with Crippen LogP contribution in [-0.2, 0) is 17.8 Å². The number of para-hydroxylation sites is 1. The number of amides is 2. The molecule has 1 aromatic heterocycles. The van der Waals surface area contributed by atoms with E-state index in [1.165, 1.54) is 23.9 Å². The van der Waals surface area contributed by atoms with Crippen molar-refractivity contribution in [1.82, 2.24) is 4.57 Å². The molecular weight excluding hydrogens is 587 g/mol. The van der Waals surface area contributed by atoms with Crippen molar-refractivity contribution in [2.75, 3.05) is 34.9 Å². The molecule has 0 aliphatic carbocycles. The van der Waals surface area contributed by atoms with Crippen LogP contribution in [-0.4, -0.2) is 35.7 Å². The lowest BCUT2D eigenvalue weighted by atomic mass is 9.83. The van der Waals surface area contributed by atoms with Crippen LogP contribution in [0.15, 0.2) is 88.6 Å². The molecule has 4 aromatic rings. The molecule has 1 saturated heterocycles. The van der Waals surface area contributed by atoms with Gasteiger partial charge in [0.05, 0.1) is 23.5 Å². The predicted octanol–water partition coefficient (Wildman–Crippen LogP) is 6.42. The zero-order valence-electron chi connectivity index (χ0n) is 23.5. The Kier molecular flexibility index (Phi) is 8.27. The first-order chi connectivity index (χ1) is 20.8. The summed E-state index contributed by atoms with van der Waals surface area (Å²) in [6.07, 6.45) is 2.66. The summed E-state index contributed by atoms with van der Waals surface area (Å²) in [6.45, 7) is 1.96. The smallest absolute Gasteiger partial charge is 0.255 e. The van der Waals surface area contributed by atoms with Crippen molar-refractivity contribution in [3.63, 3.8) is 0 Å². The van der Waals surface area contributed by atoms with Gasteiger partial charge < -0.3 is 20.1 Å². The highest BCUT2D eigenvalue weighted by atomic mass is 35.5. The Bertz CT molecular complexity index is 1760. The first kappa shape index (κ1) is 29.0. The lowest BCUT2D eigenvalue weighted by Crippen LogP contribution is -2.47. The molecule has 220 valence electrons. The van der Waals surface area contributed by atoms with Gasteiger partial charge in [-0.2, -0.15) is 0 Å². The fraction of sp³-hybridized carbons (Fsp3) is 0.242. The van der Waals surface area contributed by atoms with E-state index < -0.39 is 11.7 Å². The van der Waals surface area contributed by atoms with Gasteiger partial charge in [0.2, 0.25) is 5.91 Å². The summed E-state index contributed by atoms with van der Waals surface area (Å²) in [5.74, 6) is -0.926. The Hall–Kier alpha value is -4.08. The van der Waals surface area contributed by atoms with Crippen molar-refractivity contribution < 1.29 is 14.0 Å². The molecule has 10 heteroatoms. The van der Waals surface area contributed by atoms with Crippen molar-refractivity contribution in [2.45, 2.75) is 30.2 Å². The number of fused-ring (bicyclic) bond motifs is 4. The van der Waals surface area contributed by atoms with E-state index in [9.17, 15) is 18.8 Å². The van der Waals surface area contributed by atoms with E-state index >= 15 is 0 Å². The van der Waals surface area contributed by atoms with E-state index in [1.807, 2.05) is 47.2 Å². The maximum atomic E-state index is 14.5. The second kappa shape index (κ2) is 12.3. The minimum Gasteiger partial charge on any atom is -0.369 e. The number of hydrogen-bond donors (Lipinski definition) is 2. The minimum atomic E-state index is -0.554. The minimum absolute atomic E-state index is 0.0128. The number of hydrogen-bond acceptors (Lipinski definition) is 5. The normalized spacial score (nSPS) is 17.2. The van der Waals surface area contributed by atoms with Gasteiger partial charge in [-0.1, -0.05) is 35.9 Å². The van der Waals surface area contributed by atoms with Crippen molar-refractivity contribution >= 4 is 52.2 Å². The highest BCUT2D eigenvalue weighted by molar-refractivity contribution is 7.98. The monoisotopic (exact) mass is 616 g/mol. The number of piperidine rings is 1. The van der Waals surface area contributed by atoms with Gasteiger partial charge in [-0.3, -0.25) is 14.4 Å². The standard InChI is InChI=1S/C33H30ClFN4O3S/c1-43-30-10-3-2-8-26(30)37-33(42)21-12-13-29(27(15-21)36-31(40)16-23-24(34)6-4-7-25(23)35)38-17-20-14-22(19-38)28-9-5-11-32(41)39(28)18-20/h2-13,15,20,22H,14,16-19H2,1H3,(H,36,40)(H,37,42). The zero-order chi connectivity index (χ0) is 30.1. The van der Waals surface area contributed by atoms with Crippen LogP contribution in [0.4, 0.5) is 21.5 Å². The van der Waals surface area contributed by atoms with Crippen molar-refractivity contribution in [1.29, 1.82) is 0 Å². The van der Waals surface area contributed by atoms with Crippen LogP contribution in [0.3, 0.4) is 0 Å². The molecule has 2 amide bonds. The third-order valence-electron chi connectivity index (χ3n) is 8.11. The number of benzene rings is 3. The third kappa shape index (κ3) is 6.05. The summed E-state index contributed by atoms with van der Waals surface area (Å²) in [6, 6.07) is 22.5. The van der Waals surface area contributed by atoms with Crippen LogP contribution in [0, 0.1) is 11.7 Å². The fourth-order valence-electron chi connectivity index (χ4n) is 6.14. The molecule has 0 saturated carbocycles. The Morgan fingerprint density at radius 3 is 2.58 bits per heavy atom. The summed E-state index contributed by atoms with van der Waals surface area (Å²) in [4.78, 5) is 42.3. The van der Waals surface area contributed by atoms with Gasteiger partial charge in [-0.25, -0.2) is 4.39 Å². The maximum Gasteiger partial charge on any atom is 0.255 e. The van der Waals surface area contributed by atoms with Crippen LogP contribution in [0.25, 0.3) is 0 Å². The number of thioether (sulfide) groups is 1. The topological polar surface area (TPSA) is 83.4 Å². The molecule has 1 fully saturated rings. The molecule has 2 aliphatic rings. The number of carbonyl (C=O) groups excluding carboxylic acids is 2. The Balaban J connectivity index is 1.32. The molecule has 2 unspecified atom stereocenters. The average molecular weight is 617 g/mol. The Morgan fingerprint density at radius 1 is 0.953 bits per heavy atom. The van der Waals surface area contributed by atoms with E-state index in [0.717, 1.165) is 22.7 Å². The highest BCUT2D eigenvalue weighted by Crippen LogP contribution is 2.39. The van der Waals surface area contributed by atoms with Gasteiger partial charge >= 0.3 is 0 Å². The second-order valence-corrected chi connectivity index (χ2v) is 12.2. The molecule has 43 heavy (non-hydrogen) atoms. The van der Waals surface area contributed by atoms with E-state index in [2.05, 4.69) is 15.5 Å². The number of nitrogens with one attached hydrogen (secondary N) is 2. The molecule has 2 atom stereocenters. The fourth-order valence-corrected chi connectivity index (χ4v) is 6.93. The third-order valence-corrected chi connectivity index (χ3v) is 9.26. The second-order valence-electron chi connectivity index (χ2n) is 10.9. The highest BCUT2D eigenvalue weighted by Gasteiger charge is 2.35. The molecule has 2 N–H and O–H groups in total. The molecule has 6 rings (SSSR count). The van der Waals surface area contributed by atoms with Gasteiger partial charge in [-0.05, 0) is 67.1 Å². The number of nitrogens with zero attached hydrogens (tertiary/aromatic N) is 2. The number of pyridine rings is 1. The molecule has 7 nitrogen and oxygen atoms in total. The summed E-state index contributed by atoms with van der Waals surface area (Å²) in [5, 5.41) is 6.09. The van der Waals surface area contributed by atoms with Gasteiger partial charge in [0.25, 0.3) is 11.5 Å². The van der Waals surface area contributed by atoms with Crippen molar-refractivity contribution in [3.05, 3.63) is 117 Å². The number of carbonyl (C=O) groups is 2. The predicted molar refractivity (Wildman–Crippen MR) is 170 cm³/mol. The lowest BCUT2D eigenvalue weighted by molar-refractivity contribution is -0.115. The van der Waals surface area contributed by atoms with Crippen LogP contribution in [0.2, 0.25) is 5.02 Å². The Labute approximate surface area is 258 Å². The number of rotatable bonds is 7. The van der Waals surface area contributed by atoms with Gasteiger partial charge in [0.1, 0.15) is 5.82 Å². The largest absolute Gasteiger partial charge is 0.369 e. The van der Waals surface area contributed by atoms with Crippen molar-refractivity contribution in [3.8, 4) is 0 Å². The quantitative estimate of drug-likeness (QED) is 0.234. The molecule has 2 aliphatic heterocycles. The first-order valence-corrected chi connectivity index (χ1v) is 15.7. The summed E-state index contributed by atoms with van der Waals surface area (Å²) >= 11 is 7.73. The molecular formula is C33H30ClFN4O3S. The van der Waals surface area contributed by atoms with E-state index in [4.69, 9.17) is 11.6 Å². The van der Waals surface area contributed by atoms with Gasteiger partial charge in [-0.15, -0.1) is 11.8 Å². The number of anilines is 3. The number of aromatic nitrogens is 1. The van der Waals surface area contributed by atoms with Crippen LogP contribution < -0.4 is 21.1 Å². The summed E-state index contributed by atoms with van der Waals surface area (Å²) in [5.41, 5.74) is 3.41. The van der Waals surface area contributed by atoms with Crippen LogP contribution in [0.1, 0.15) is 34.0 Å². The molecule has 0 radical (unpaired) electrons. The summed E-state index contributed by atoms with van der Waals surface area (Å²) < 4.78 is 16.4. The van der Waals surface area contributed by atoms with Crippen LogP contribution in [0.5, 0.6) is 0 Å². The van der Waals surface area contributed by atoms with Crippen molar-refractivity contribution in [2.24, 2.45) is 5.92 Å². The zero-order valence-corrected chi connectivity index (χ0v) is 25.1. The number of halogens is 2. The van der Waals surface area contributed by atoms with Gasteiger partial charge in [0, 0.05) is 58.4 Å².